The van der Waals surface area contributed by atoms with E-state index in [4.69, 9.17) is 32.7 Å². The lowest BCUT2D eigenvalue weighted by atomic mass is 9.73. The molecule has 1 aliphatic carbocycles. The van der Waals surface area contributed by atoms with E-state index in [0.29, 0.717) is 50.6 Å². The van der Waals surface area contributed by atoms with Crippen LogP contribution in [0.3, 0.4) is 0 Å². The van der Waals surface area contributed by atoms with Gasteiger partial charge in [-0.25, -0.2) is 4.68 Å². The average molecular weight is 592 g/mol. The lowest BCUT2D eigenvalue weighted by Gasteiger charge is -2.38. The first-order valence-corrected chi connectivity index (χ1v) is 13.2. The number of nitrogens with one attached hydrogen (secondary N) is 1. The number of halogens is 3. The van der Waals surface area contributed by atoms with Crippen LogP contribution in [0.5, 0.6) is 11.5 Å². The maximum Gasteiger partial charge on any atom is 0.226 e. The van der Waals surface area contributed by atoms with Gasteiger partial charge in [0.1, 0.15) is 19.0 Å². The van der Waals surface area contributed by atoms with Crippen molar-refractivity contribution in [1.82, 2.24) is 14.8 Å². The summed E-state index contributed by atoms with van der Waals surface area (Å²) in [5.74, 6) is 1.81. The molecule has 5 rings (SSSR count). The molecule has 188 valence electrons. The standard InChI is InChI=1S/C26H25BrCl2N4O3/c1-4-35-21-8-15(7-17(27)24(21)36-12-14-5-6-16(28)9-18(14)29)23-22-19(10-26(2,3)11-20(22)34)32-25-30-13-31-33(23)25/h5-9,13,23H,4,10-12H2,1-3H3,(H,30,31,32). The number of hydrogen-bond donors (Lipinski definition) is 1. The van der Waals surface area contributed by atoms with Crippen molar-refractivity contribution in [1.29, 1.82) is 0 Å². The van der Waals surface area contributed by atoms with Crippen LogP contribution in [-0.2, 0) is 11.4 Å². The Kier molecular flexibility index (Phi) is 6.78. The number of nitrogens with zero attached hydrogens (tertiary/aromatic N) is 3. The summed E-state index contributed by atoms with van der Waals surface area (Å²) in [6.07, 6.45) is 2.71. The number of rotatable bonds is 6. The van der Waals surface area contributed by atoms with Crippen LogP contribution in [0.2, 0.25) is 10.0 Å². The lowest BCUT2D eigenvalue weighted by molar-refractivity contribution is -0.118. The second-order valence-corrected chi connectivity index (χ2v) is 11.4. The molecule has 36 heavy (non-hydrogen) atoms. The molecule has 0 saturated carbocycles. The number of anilines is 1. The highest BCUT2D eigenvalue weighted by molar-refractivity contribution is 9.10. The predicted octanol–water partition coefficient (Wildman–Crippen LogP) is 6.98. The quantitative estimate of drug-likeness (QED) is 0.333. The van der Waals surface area contributed by atoms with Crippen LogP contribution in [0.15, 0.2) is 52.4 Å². The average Bonchev–Trinajstić information content (AvgIpc) is 3.25. The van der Waals surface area contributed by atoms with Gasteiger partial charge in [0.15, 0.2) is 17.3 Å². The third-order valence-corrected chi connectivity index (χ3v) is 7.48. The first-order chi connectivity index (χ1) is 17.2. The number of ketones is 1. The SMILES string of the molecule is CCOc1cc(C2C3=C(CC(C)(C)CC3=O)Nc3ncnn32)cc(Br)c1OCc1ccc(Cl)cc1Cl. The number of fused-ring (bicyclic) bond motifs is 1. The molecule has 0 amide bonds. The van der Waals surface area contributed by atoms with Crippen LogP contribution in [0.1, 0.15) is 50.8 Å². The van der Waals surface area contributed by atoms with Crippen LogP contribution >= 0.6 is 39.1 Å². The molecule has 1 atom stereocenters. The highest BCUT2D eigenvalue weighted by atomic mass is 79.9. The Morgan fingerprint density at radius 1 is 1.19 bits per heavy atom. The first kappa shape index (κ1) is 25.1. The molecule has 2 aromatic carbocycles. The molecule has 0 radical (unpaired) electrons. The van der Waals surface area contributed by atoms with Gasteiger partial charge in [-0.15, -0.1) is 0 Å². The van der Waals surface area contributed by atoms with Crippen LogP contribution in [0.4, 0.5) is 5.95 Å². The van der Waals surface area contributed by atoms with E-state index in [0.717, 1.165) is 23.2 Å². The minimum absolute atomic E-state index is 0.103. The fourth-order valence-electron chi connectivity index (χ4n) is 4.79. The van der Waals surface area contributed by atoms with Gasteiger partial charge in [-0.3, -0.25) is 4.79 Å². The monoisotopic (exact) mass is 590 g/mol. The maximum absolute atomic E-state index is 13.4. The van der Waals surface area contributed by atoms with E-state index in [1.165, 1.54) is 6.33 Å². The van der Waals surface area contributed by atoms with E-state index in [-0.39, 0.29) is 17.8 Å². The van der Waals surface area contributed by atoms with E-state index in [1.54, 1.807) is 16.8 Å². The van der Waals surface area contributed by atoms with Crippen molar-refractivity contribution < 1.29 is 14.3 Å². The summed E-state index contributed by atoms with van der Waals surface area (Å²) in [5.41, 5.74) is 3.12. The largest absolute Gasteiger partial charge is 0.490 e. The molecule has 10 heteroatoms. The minimum atomic E-state index is -0.433. The summed E-state index contributed by atoms with van der Waals surface area (Å²) in [6, 6.07) is 8.71. The van der Waals surface area contributed by atoms with Gasteiger partial charge in [0.05, 0.1) is 11.1 Å². The van der Waals surface area contributed by atoms with Gasteiger partial charge in [-0.1, -0.05) is 43.1 Å². The number of hydrogen-bond acceptors (Lipinski definition) is 6. The second-order valence-electron chi connectivity index (χ2n) is 9.68. The number of Topliss-reactive ketones (excluding diaryl/α,β-unsaturated/α-hetero) is 1. The molecule has 7 nitrogen and oxygen atoms in total. The van der Waals surface area contributed by atoms with Gasteiger partial charge in [-0.2, -0.15) is 10.1 Å². The van der Waals surface area contributed by atoms with Crippen LogP contribution < -0.4 is 14.8 Å². The molecule has 1 aliphatic heterocycles. The van der Waals surface area contributed by atoms with Gasteiger partial charge in [0, 0.05) is 33.3 Å². The summed E-state index contributed by atoms with van der Waals surface area (Å²) in [7, 11) is 0. The van der Waals surface area contributed by atoms with E-state index in [1.807, 2.05) is 25.1 Å². The molecule has 0 saturated heterocycles. The Balaban J connectivity index is 1.55. The zero-order valence-corrected chi connectivity index (χ0v) is 23.2. The molecule has 2 aliphatic rings. The smallest absolute Gasteiger partial charge is 0.226 e. The fourth-order valence-corrected chi connectivity index (χ4v) is 5.83. The van der Waals surface area contributed by atoms with Crippen molar-refractivity contribution in [3.63, 3.8) is 0 Å². The van der Waals surface area contributed by atoms with Crippen LogP contribution in [0.25, 0.3) is 0 Å². The van der Waals surface area contributed by atoms with Gasteiger partial charge in [-0.05, 0) is 64.5 Å². The van der Waals surface area contributed by atoms with Crippen molar-refractivity contribution >= 4 is 50.9 Å². The Morgan fingerprint density at radius 3 is 2.75 bits per heavy atom. The number of carbonyl (C=O) groups excluding carboxylic acids is 1. The molecule has 0 fully saturated rings. The molecule has 1 aromatic heterocycles. The molecule has 0 spiro atoms. The predicted molar refractivity (Wildman–Crippen MR) is 143 cm³/mol. The number of benzene rings is 2. The zero-order chi connectivity index (χ0) is 25.6. The van der Waals surface area contributed by atoms with Crippen LogP contribution in [0, 0.1) is 5.41 Å². The van der Waals surface area contributed by atoms with E-state index in [9.17, 15) is 4.79 Å². The summed E-state index contributed by atoms with van der Waals surface area (Å²) in [5, 5.41) is 8.87. The molecule has 0 bridgehead atoms. The molecule has 1 unspecified atom stereocenters. The van der Waals surface area contributed by atoms with E-state index >= 15 is 0 Å². The van der Waals surface area contributed by atoms with E-state index < -0.39 is 6.04 Å². The van der Waals surface area contributed by atoms with Crippen molar-refractivity contribution in [2.75, 3.05) is 11.9 Å². The summed E-state index contributed by atoms with van der Waals surface area (Å²) < 4.78 is 14.6. The number of allylic oxidation sites excluding steroid dienone is 2. The van der Waals surface area contributed by atoms with Crippen molar-refractivity contribution in [2.24, 2.45) is 5.41 Å². The van der Waals surface area contributed by atoms with E-state index in [2.05, 4.69) is 45.2 Å². The lowest BCUT2D eigenvalue weighted by Crippen LogP contribution is -2.36. The summed E-state index contributed by atoms with van der Waals surface area (Å²) >= 11 is 16.0. The number of carbonyl (C=O) groups is 1. The fraction of sp³-hybridized carbons (Fsp3) is 0.346. The Bertz CT molecular complexity index is 1390. The molecular weight excluding hydrogens is 567 g/mol. The molecular formula is C26H25BrCl2N4O3. The van der Waals surface area contributed by atoms with Crippen molar-refractivity contribution in [3.05, 3.63) is 73.6 Å². The maximum atomic E-state index is 13.4. The first-order valence-electron chi connectivity index (χ1n) is 11.6. The van der Waals surface area contributed by atoms with Gasteiger partial charge in [0.25, 0.3) is 0 Å². The Hall–Kier alpha value is -2.55. The van der Waals surface area contributed by atoms with Crippen LogP contribution in [-0.4, -0.2) is 27.2 Å². The highest BCUT2D eigenvalue weighted by Crippen LogP contribution is 2.47. The summed E-state index contributed by atoms with van der Waals surface area (Å²) in [4.78, 5) is 17.8. The second kappa shape index (κ2) is 9.72. The molecule has 2 heterocycles. The molecule has 1 N–H and O–H groups in total. The van der Waals surface area contributed by atoms with Gasteiger partial charge in [0.2, 0.25) is 5.95 Å². The zero-order valence-electron chi connectivity index (χ0n) is 20.1. The number of ether oxygens (including phenoxy) is 2. The minimum Gasteiger partial charge on any atom is -0.490 e. The number of aromatic nitrogens is 3. The van der Waals surface area contributed by atoms with Gasteiger partial charge < -0.3 is 14.8 Å². The third-order valence-electron chi connectivity index (χ3n) is 6.31. The topological polar surface area (TPSA) is 78.3 Å². The normalized spacial score (nSPS) is 18.4. The van der Waals surface area contributed by atoms with Gasteiger partial charge >= 0.3 is 0 Å². The Morgan fingerprint density at radius 2 is 2.00 bits per heavy atom. The third kappa shape index (κ3) is 4.74. The highest BCUT2D eigenvalue weighted by Gasteiger charge is 2.41. The molecule has 3 aromatic rings. The van der Waals surface area contributed by atoms with Crippen molar-refractivity contribution in [2.45, 2.75) is 46.3 Å². The van der Waals surface area contributed by atoms with Crippen molar-refractivity contribution in [3.8, 4) is 11.5 Å². The summed E-state index contributed by atoms with van der Waals surface area (Å²) in [6.45, 7) is 6.79. The Labute approximate surface area is 227 Å².